The van der Waals surface area contributed by atoms with E-state index in [9.17, 15) is 4.79 Å². The third-order valence-electron chi connectivity index (χ3n) is 5.48. The van der Waals surface area contributed by atoms with E-state index < -0.39 is 0 Å². The zero-order valence-electron chi connectivity index (χ0n) is 19.8. The van der Waals surface area contributed by atoms with Crippen LogP contribution in [0.2, 0.25) is 0 Å². The highest BCUT2D eigenvalue weighted by Crippen LogP contribution is 2.29. The van der Waals surface area contributed by atoms with E-state index in [2.05, 4.69) is 16.3 Å². The van der Waals surface area contributed by atoms with Gasteiger partial charge in [-0.1, -0.05) is 25.0 Å². The Morgan fingerprint density at radius 1 is 1.00 bits per heavy atom. The molecule has 2 aromatic carbocycles. The van der Waals surface area contributed by atoms with Crippen molar-refractivity contribution >= 4 is 28.4 Å². The second kappa shape index (κ2) is 12.7. The summed E-state index contributed by atoms with van der Waals surface area (Å²) in [6.45, 7) is 3.79. The van der Waals surface area contributed by atoms with Gasteiger partial charge in [-0.25, -0.2) is 9.97 Å². The predicted octanol–water partition coefficient (Wildman–Crippen LogP) is 5.01. The highest BCUT2D eigenvalue weighted by molar-refractivity contribution is 5.91. The van der Waals surface area contributed by atoms with Gasteiger partial charge >= 0.3 is 5.97 Å². The first kappa shape index (κ1) is 24.5. The molecule has 0 spiro atoms. The van der Waals surface area contributed by atoms with Crippen LogP contribution < -0.4 is 15.0 Å². The van der Waals surface area contributed by atoms with Crippen LogP contribution in [0.5, 0.6) is 5.75 Å². The number of carbonyl (C=O) groups is 1. The van der Waals surface area contributed by atoms with E-state index in [1.165, 1.54) is 0 Å². The monoisotopic (exact) mass is 450 g/mol. The molecule has 0 bridgehead atoms. The second-order valence-corrected chi connectivity index (χ2v) is 7.88. The van der Waals surface area contributed by atoms with Crippen molar-refractivity contribution in [3.63, 3.8) is 0 Å². The summed E-state index contributed by atoms with van der Waals surface area (Å²) in [7, 11) is 3.68. The van der Waals surface area contributed by atoms with E-state index in [0.717, 1.165) is 66.2 Å². The Kier molecular flexibility index (Phi) is 9.44. The molecule has 0 amide bonds. The first-order chi connectivity index (χ1) is 16.1. The van der Waals surface area contributed by atoms with Gasteiger partial charge in [0.25, 0.3) is 0 Å². The van der Waals surface area contributed by atoms with Crippen LogP contribution >= 0.6 is 0 Å². The van der Waals surface area contributed by atoms with Gasteiger partial charge in [-0.3, -0.25) is 4.79 Å². The van der Waals surface area contributed by atoms with Crippen LogP contribution in [0.15, 0.2) is 48.5 Å². The summed E-state index contributed by atoms with van der Waals surface area (Å²) in [5, 5.41) is 4.47. The number of rotatable bonds is 13. The van der Waals surface area contributed by atoms with E-state index in [1.54, 1.807) is 7.11 Å². The number of hydrogen-bond donors (Lipinski definition) is 1. The van der Waals surface area contributed by atoms with Crippen LogP contribution in [0, 0.1) is 0 Å². The van der Waals surface area contributed by atoms with E-state index >= 15 is 0 Å². The van der Waals surface area contributed by atoms with E-state index in [1.807, 2.05) is 56.4 Å². The Labute approximate surface area is 196 Å². The Hall–Kier alpha value is -3.19. The summed E-state index contributed by atoms with van der Waals surface area (Å²) in [4.78, 5) is 23.1. The lowest BCUT2D eigenvalue weighted by Gasteiger charge is -2.21. The van der Waals surface area contributed by atoms with Crippen LogP contribution in [0.3, 0.4) is 0 Å². The van der Waals surface area contributed by atoms with Gasteiger partial charge in [-0.05, 0) is 62.7 Å². The number of anilines is 2. The molecule has 0 atom stereocenters. The lowest BCUT2D eigenvalue weighted by Crippen LogP contribution is -2.19. The van der Waals surface area contributed by atoms with Crippen molar-refractivity contribution in [2.45, 2.75) is 45.6 Å². The normalized spacial score (nSPS) is 10.9. The van der Waals surface area contributed by atoms with Crippen LogP contribution in [0.4, 0.5) is 11.5 Å². The number of para-hydroxylation sites is 1. The fourth-order valence-corrected chi connectivity index (χ4v) is 3.68. The van der Waals surface area contributed by atoms with Gasteiger partial charge in [-0.2, -0.15) is 0 Å². The molecule has 0 unspecified atom stereocenters. The molecule has 0 aliphatic carbocycles. The maximum absolute atomic E-state index is 11.4. The number of aromatic nitrogens is 2. The van der Waals surface area contributed by atoms with Gasteiger partial charge in [0.05, 0.1) is 25.8 Å². The summed E-state index contributed by atoms with van der Waals surface area (Å²) >= 11 is 0. The highest BCUT2D eigenvalue weighted by Gasteiger charge is 2.13. The second-order valence-electron chi connectivity index (χ2n) is 7.88. The van der Waals surface area contributed by atoms with Crippen molar-refractivity contribution in [3.05, 3.63) is 54.4 Å². The van der Waals surface area contributed by atoms with Gasteiger partial charge in [0.2, 0.25) is 0 Å². The predicted molar refractivity (Wildman–Crippen MR) is 132 cm³/mol. The molecule has 7 nitrogen and oxygen atoms in total. The molecule has 0 aliphatic rings. The minimum Gasteiger partial charge on any atom is -0.497 e. The maximum atomic E-state index is 11.4. The number of benzene rings is 2. The molecule has 7 heteroatoms. The largest absolute Gasteiger partial charge is 0.497 e. The van der Waals surface area contributed by atoms with Gasteiger partial charge in [0, 0.05) is 24.5 Å². The Bertz CT molecular complexity index is 1020. The third-order valence-corrected chi connectivity index (χ3v) is 5.48. The Morgan fingerprint density at radius 3 is 2.52 bits per heavy atom. The van der Waals surface area contributed by atoms with Crippen LogP contribution in [0.25, 0.3) is 10.9 Å². The van der Waals surface area contributed by atoms with E-state index in [-0.39, 0.29) is 5.97 Å². The van der Waals surface area contributed by atoms with Crippen molar-refractivity contribution in [3.8, 4) is 5.75 Å². The summed E-state index contributed by atoms with van der Waals surface area (Å²) in [5.74, 6) is 2.37. The average molecular weight is 451 g/mol. The number of ether oxygens (including phenoxy) is 2. The zero-order valence-corrected chi connectivity index (χ0v) is 19.8. The van der Waals surface area contributed by atoms with Gasteiger partial charge < -0.3 is 19.7 Å². The number of hydrogen-bond acceptors (Lipinski definition) is 7. The van der Waals surface area contributed by atoms with Crippen LogP contribution in [-0.2, 0) is 16.1 Å². The molecule has 33 heavy (non-hydrogen) atoms. The number of esters is 1. The number of unbranched alkanes of at least 4 members (excludes halogenated alkanes) is 3. The average Bonchev–Trinajstić information content (AvgIpc) is 2.85. The standard InChI is InChI=1S/C26H34N4O3/c1-4-33-25(31)13-7-5-6-10-18-27-19-24-28-23-12-9-8-11-22(23)26(29-24)30(2)20-14-16-21(32-3)17-15-20/h8-9,11-12,14-17,27H,4-7,10,13,18-19H2,1-3H3. The van der Waals surface area contributed by atoms with Crippen molar-refractivity contribution in [1.82, 2.24) is 15.3 Å². The van der Waals surface area contributed by atoms with Gasteiger partial charge in [-0.15, -0.1) is 0 Å². The molecule has 0 saturated heterocycles. The fraction of sp³-hybridized carbons (Fsp3) is 0.423. The molecule has 176 valence electrons. The SMILES string of the molecule is CCOC(=O)CCCCCCNCc1nc(N(C)c2ccc(OC)cc2)c2ccccc2n1. The molecule has 1 heterocycles. The van der Waals surface area contributed by atoms with Crippen molar-refractivity contribution in [2.24, 2.45) is 0 Å². The Balaban J connectivity index is 1.57. The summed E-state index contributed by atoms with van der Waals surface area (Å²) in [5.41, 5.74) is 1.96. The summed E-state index contributed by atoms with van der Waals surface area (Å²) in [6, 6.07) is 16.0. The van der Waals surface area contributed by atoms with Crippen LogP contribution in [-0.4, -0.2) is 43.2 Å². The Morgan fingerprint density at radius 2 is 1.76 bits per heavy atom. The molecule has 3 rings (SSSR count). The topological polar surface area (TPSA) is 76.6 Å². The first-order valence-corrected chi connectivity index (χ1v) is 11.6. The number of carbonyl (C=O) groups excluding carboxylic acids is 1. The minimum absolute atomic E-state index is 0.0977. The smallest absolute Gasteiger partial charge is 0.305 e. The molecule has 0 saturated carbocycles. The van der Waals surface area contributed by atoms with Crippen molar-refractivity contribution in [1.29, 1.82) is 0 Å². The molecular formula is C26H34N4O3. The minimum atomic E-state index is -0.0977. The number of nitrogens with one attached hydrogen (secondary N) is 1. The summed E-state index contributed by atoms with van der Waals surface area (Å²) < 4.78 is 10.2. The lowest BCUT2D eigenvalue weighted by atomic mass is 10.1. The molecule has 0 aliphatic heterocycles. The molecule has 0 fully saturated rings. The maximum Gasteiger partial charge on any atom is 0.305 e. The van der Waals surface area contributed by atoms with Crippen LogP contribution in [0.1, 0.15) is 44.9 Å². The van der Waals surface area contributed by atoms with Gasteiger partial charge in [0.15, 0.2) is 0 Å². The number of methoxy groups -OCH3 is 1. The van der Waals surface area contributed by atoms with E-state index in [0.29, 0.717) is 19.6 Å². The summed E-state index contributed by atoms with van der Waals surface area (Å²) in [6.07, 6.45) is 4.56. The van der Waals surface area contributed by atoms with Crippen molar-refractivity contribution in [2.75, 3.05) is 32.2 Å². The fourth-order valence-electron chi connectivity index (χ4n) is 3.68. The lowest BCUT2D eigenvalue weighted by molar-refractivity contribution is -0.143. The quantitative estimate of drug-likeness (QED) is 0.290. The highest BCUT2D eigenvalue weighted by atomic mass is 16.5. The number of fused-ring (bicyclic) bond motifs is 1. The van der Waals surface area contributed by atoms with Gasteiger partial charge in [0.1, 0.15) is 17.4 Å². The number of nitrogens with zero attached hydrogens (tertiary/aromatic N) is 3. The zero-order chi connectivity index (χ0) is 23.5. The first-order valence-electron chi connectivity index (χ1n) is 11.6. The molecule has 0 radical (unpaired) electrons. The molecular weight excluding hydrogens is 416 g/mol. The molecule has 1 aromatic heterocycles. The van der Waals surface area contributed by atoms with Crippen molar-refractivity contribution < 1.29 is 14.3 Å². The van der Waals surface area contributed by atoms with E-state index in [4.69, 9.17) is 19.4 Å². The molecule has 3 aromatic rings. The molecule has 1 N–H and O–H groups in total. The third kappa shape index (κ3) is 7.15.